The van der Waals surface area contributed by atoms with Gasteiger partial charge in [-0.15, -0.1) is 11.6 Å². The van der Waals surface area contributed by atoms with Crippen LogP contribution in [0.2, 0.25) is 0 Å². The van der Waals surface area contributed by atoms with Gasteiger partial charge in [-0.3, -0.25) is 15.0 Å². The van der Waals surface area contributed by atoms with Gasteiger partial charge in [0.1, 0.15) is 0 Å². The minimum Gasteiger partial charge on any atom is -0.265 e. The maximum absolute atomic E-state index is 6.07. The van der Waals surface area contributed by atoms with Gasteiger partial charge >= 0.3 is 0 Å². The van der Waals surface area contributed by atoms with Gasteiger partial charge in [-0.05, 0) is 41.5 Å². The van der Waals surface area contributed by atoms with Crippen molar-refractivity contribution in [3.63, 3.8) is 0 Å². The van der Waals surface area contributed by atoms with E-state index in [1.54, 1.807) is 24.8 Å². The van der Waals surface area contributed by atoms with Crippen LogP contribution < -0.4 is 0 Å². The van der Waals surface area contributed by atoms with Crippen molar-refractivity contribution in [2.24, 2.45) is 0 Å². The zero-order valence-corrected chi connectivity index (χ0v) is 11.5. The quantitative estimate of drug-likeness (QED) is 0.683. The van der Waals surface area contributed by atoms with Crippen molar-refractivity contribution in [3.8, 4) is 22.4 Å². The molecule has 0 aliphatic carbocycles. The molecule has 98 valence electrons. The molecule has 20 heavy (non-hydrogen) atoms. The molecule has 0 atom stereocenters. The third kappa shape index (κ3) is 2.53. The normalized spacial score (nSPS) is 10.4. The molecule has 3 rings (SSSR count). The lowest BCUT2D eigenvalue weighted by molar-refractivity contribution is 1.23. The highest BCUT2D eigenvalue weighted by atomic mass is 35.5. The lowest BCUT2D eigenvalue weighted by Crippen LogP contribution is -1.93. The second kappa shape index (κ2) is 5.80. The number of rotatable bonds is 3. The minimum absolute atomic E-state index is 0.420. The Kier molecular flexibility index (Phi) is 3.70. The molecule has 3 heterocycles. The Morgan fingerprint density at radius 3 is 2.00 bits per heavy atom. The van der Waals surface area contributed by atoms with Gasteiger partial charge in [0.2, 0.25) is 0 Å². The van der Waals surface area contributed by atoms with Crippen molar-refractivity contribution in [1.29, 1.82) is 0 Å². The standard InChI is InChI=1S/C16H12ClN3/c17-10-14-9-15(12-1-5-18-6-2-12)11-20-16(14)13-3-7-19-8-4-13/h1-9,11H,10H2. The number of pyridine rings is 3. The van der Waals surface area contributed by atoms with E-state index in [0.29, 0.717) is 5.88 Å². The van der Waals surface area contributed by atoms with E-state index in [-0.39, 0.29) is 0 Å². The summed E-state index contributed by atoms with van der Waals surface area (Å²) in [5.74, 6) is 0.420. The number of nitrogens with zero attached hydrogens (tertiary/aromatic N) is 3. The molecule has 0 fully saturated rings. The van der Waals surface area contributed by atoms with Crippen LogP contribution in [0, 0.1) is 0 Å². The van der Waals surface area contributed by atoms with Crippen molar-refractivity contribution < 1.29 is 0 Å². The summed E-state index contributed by atoms with van der Waals surface area (Å²) < 4.78 is 0. The second-order valence-electron chi connectivity index (χ2n) is 4.34. The summed E-state index contributed by atoms with van der Waals surface area (Å²) in [5, 5.41) is 0. The van der Waals surface area contributed by atoms with E-state index >= 15 is 0 Å². The molecule has 0 aromatic carbocycles. The van der Waals surface area contributed by atoms with Crippen molar-refractivity contribution in [1.82, 2.24) is 15.0 Å². The zero-order chi connectivity index (χ0) is 13.8. The lowest BCUT2D eigenvalue weighted by atomic mass is 10.0. The van der Waals surface area contributed by atoms with Crippen molar-refractivity contribution in [2.45, 2.75) is 5.88 Å². The number of hydrogen-bond donors (Lipinski definition) is 0. The molecule has 0 radical (unpaired) electrons. The molecular formula is C16H12ClN3. The Labute approximate surface area is 122 Å². The first-order valence-electron chi connectivity index (χ1n) is 6.24. The van der Waals surface area contributed by atoms with E-state index < -0.39 is 0 Å². The second-order valence-corrected chi connectivity index (χ2v) is 4.60. The number of halogens is 1. The summed E-state index contributed by atoms with van der Waals surface area (Å²) >= 11 is 6.07. The van der Waals surface area contributed by atoms with Crippen LogP contribution in [0.1, 0.15) is 5.56 Å². The summed E-state index contributed by atoms with van der Waals surface area (Å²) in [5.41, 5.74) is 5.06. The molecular weight excluding hydrogens is 270 g/mol. The van der Waals surface area contributed by atoms with Gasteiger partial charge in [-0.2, -0.15) is 0 Å². The summed E-state index contributed by atoms with van der Waals surface area (Å²) in [6, 6.07) is 9.86. The number of alkyl halides is 1. The van der Waals surface area contributed by atoms with Crippen molar-refractivity contribution in [2.75, 3.05) is 0 Å². The summed E-state index contributed by atoms with van der Waals surface area (Å²) in [7, 11) is 0. The highest BCUT2D eigenvalue weighted by molar-refractivity contribution is 6.17. The molecule has 0 unspecified atom stereocenters. The monoisotopic (exact) mass is 281 g/mol. The Hall–Kier alpha value is -2.26. The predicted octanol–water partition coefficient (Wildman–Crippen LogP) is 3.94. The molecule has 0 amide bonds. The summed E-state index contributed by atoms with van der Waals surface area (Å²) in [4.78, 5) is 12.6. The Bertz CT molecular complexity index is 699. The molecule has 4 heteroatoms. The van der Waals surface area contributed by atoms with Gasteiger partial charge in [0.25, 0.3) is 0 Å². The van der Waals surface area contributed by atoms with Crippen LogP contribution >= 0.6 is 11.6 Å². The van der Waals surface area contributed by atoms with Crippen LogP contribution in [-0.2, 0) is 5.88 Å². The first-order chi connectivity index (χ1) is 9.88. The third-order valence-electron chi connectivity index (χ3n) is 3.08. The fraction of sp³-hybridized carbons (Fsp3) is 0.0625. The van der Waals surface area contributed by atoms with Crippen molar-refractivity contribution in [3.05, 3.63) is 66.9 Å². The molecule has 0 aliphatic heterocycles. The number of aromatic nitrogens is 3. The van der Waals surface area contributed by atoms with Crippen LogP contribution in [0.3, 0.4) is 0 Å². The van der Waals surface area contributed by atoms with Crippen LogP contribution in [0.25, 0.3) is 22.4 Å². The average Bonchev–Trinajstić information content (AvgIpc) is 2.56. The van der Waals surface area contributed by atoms with E-state index in [1.807, 2.05) is 30.5 Å². The van der Waals surface area contributed by atoms with Crippen LogP contribution in [0.4, 0.5) is 0 Å². The van der Waals surface area contributed by atoms with Crippen LogP contribution in [0.15, 0.2) is 61.3 Å². The molecule has 0 saturated heterocycles. The minimum atomic E-state index is 0.420. The number of hydrogen-bond acceptors (Lipinski definition) is 3. The highest BCUT2D eigenvalue weighted by Gasteiger charge is 2.08. The SMILES string of the molecule is ClCc1cc(-c2ccncc2)cnc1-c1ccncc1. The molecule has 0 N–H and O–H groups in total. The zero-order valence-electron chi connectivity index (χ0n) is 10.7. The molecule has 3 aromatic heterocycles. The van der Waals surface area contributed by atoms with Gasteiger partial charge in [0.05, 0.1) is 5.69 Å². The van der Waals surface area contributed by atoms with Gasteiger partial charge in [-0.25, -0.2) is 0 Å². The fourth-order valence-electron chi connectivity index (χ4n) is 2.08. The van der Waals surface area contributed by atoms with Gasteiger partial charge in [0.15, 0.2) is 0 Å². The Morgan fingerprint density at radius 1 is 0.800 bits per heavy atom. The Morgan fingerprint density at radius 2 is 1.40 bits per heavy atom. The van der Waals surface area contributed by atoms with Gasteiger partial charge < -0.3 is 0 Å². The molecule has 0 spiro atoms. The van der Waals surface area contributed by atoms with E-state index in [1.165, 1.54) is 0 Å². The van der Waals surface area contributed by atoms with Gasteiger partial charge in [0, 0.05) is 48.0 Å². The van der Waals surface area contributed by atoms with E-state index in [4.69, 9.17) is 11.6 Å². The first kappa shape index (κ1) is 12.8. The third-order valence-corrected chi connectivity index (χ3v) is 3.37. The smallest absolute Gasteiger partial charge is 0.0747 e. The van der Waals surface area contributed by atoms with Gasteiger partial charge in [-0.1, -0.05) is 0 Å². The maximum atomic E-state index is 6.07. The molecule has 0 bridgehead atoms. The molecule has 0 saturated carbocycles. The lowest BCUT2D eigenvalue weighted by Gasteiger charge is -2.09. The highest BCUT2D eigenvalue weighted by Crippen LogP contribution is 2.27. The topological polar surface area (TPSA) is 38.7 Å². The van der Waals surface area contributed by atoms with E-state index in [9.17, 15) is 0 Å². The van der Waals surface area contributed by atoms with Crippen LogP contribution in [0.5, 0.6) is 0 Å². The summed E-state index contributed by atoms with van der Waals surface area (Å²) in [6.07, 6.45) is 8.91. The fourth-order valence-corrected chi connectivity index (χ4v) is 2.29. The molecule has 3 nitrogen and oxygen atoms in total. The average molecular weight is 282 g/mol. The molecule has 0 aliphatic rings. The first-order valence-corrected chi connectivity index (χ1v) is 6.77. The Balaban J connectivity index is 2.07. The van der Waals surface area contributed by atoms with E-state index in [2.05, 4.69) is 21.0 Å². The van der Waals surface area contributed by atoms with E-state index in [0.717, 1.165) is 27.9 Å². The maximum Gasteiger partial charge on any atom is 0.0747 e. The van der Waals surface area contributed by atoms with Crippen molar-refractivity contribution >= 4 is 11.6 Å². The predicted molar refractivity (Wildman–Crippen MR) is 80.3 cm³/mol. The molecule has 3 aromatic rings. The summed E-state index contributed by atoms with van der Waals surface area (Å²) in [6.45, 7) is 0. The van der Waals surface area contributed by atoms with Crippen LogP contribution in [-0.4, -0.2) is 15.0 Å². The largest absolute Gasteiger partial charge is 0.265 e.